The second kappa shape index (κ2) is 6.05. The molecule has 0 aliphatic heterocycles. The van der Waals surface area contributed by atoms with E-state index in [1.54, 1.807) is 37.3 Å². The van der Waals surface area contributed by atoms with Gasteiger partial charge in [0.05, 0.1) is 12.2 Å². The number of carboxylic acid groups (broad SMARTS) is 1. The quantitative estimate of drug-likeness (QED) is 0.614. The lowest BCUT2D eigenvalue weighted by Crippen LogP contribution is -2.43. The molecule has 2 atom stereocenters. The number of carbonyl (C=O) groups is 2. The van der Waals surface area contributed by atoms with Gasteiger partial charge in [0, 0.05) is 6.42 Å². The minimum Gasteiger partial charge on any atom is -0.480 e. The summed E-state index contributed by atoms with van der Waals surface area (Å²) in [4.78, 5) is 23.3. The van der Waals surface area contributed by atoms with Gasteiger partial charge in [-0.2, -0.15) is 0 Å². The van der Waals surface area contributed by atoms with Gasteiger partial charge >= 0.3 is 11.9 Å². The second-order valence-corrected chi connectivity index (χ2v) is 5.17. The predicted octanol–water partition coefficient (Wildman–Crippen LogP) is 1.94. The predicted molar refractivity (Wildman–Crippen MR) is 73.0 cm³/mol. The summed E-state index contributed by atoms with van der Waals surface area (Å²) in [5.74, 6) is -2.16. The Labute approximate surface area is 118 Å². The number of aliphatic hydroxyl groups is 1. The summed E-state index contributed by atoms with van der Waals surface area (Å²) in [5, 5.41) is 19.8. The van der Waals surface area contributed by atoms with Crippen molar-refractivity contribution >= 4 is 11.9 Å². The third-order valence-electron chi connectivity index (χ3n) is 3.29. The van der Waals surface area contributed by atoms with Gasteiger partial charge in [-0.3, -0.25) is 9.59 Å². The number of carbonyl (C=O) groups excluding carboxylic acids is 1. The normalized spacial score (nSPS) is 16.8. The average Bonchev–Trinajstić information content (AvgIpc) is 2.39. The van der Waals surface area contributed by atoms with Crippen molar-refractivity contribution < 1.29 is 24.5 Å². The summed E-state index contributed by atoms with van der Waals surface area (Å²) in [6.07, 6.45) is -0.266. The van der Waals surface area contributed by atoms with Crippen molar-refractivity contribution in [3.8, 4) is 0 Å². The van der Waals surface area contributed by atoms with Crippen LogP contribution in [0.4, 0.5) is 0 Å². The first-order chi connectivity index (χ1) is 9.24. The Morgan fingerprint density at radius 2 is 1.75 bits per heavy atom. The largest absolute Gasteiger partial charge is 0.480 e. The van der Waals surface area contributed by atoms with Crippen LogP contribution in [-0.4, -0.2) is 28.8 Å². The minimum absolute atomic E-state index is 0.0924. The van der Waals surface area contributed by atoms with Gasteiger partial charge in [-0.15, -0.1) is 0 Å². The standard InChI is InChI=1S/C15H20O5/c1-4-20-13(18)14(2,12(16)17)10-15(3,19)11-8-6-5-7-9-11/h5-9,19H,4,10H2,1-3H3,(H,16,17). The molecule has 0 bridgehead atoms. The highest BCUT2D eigenvalue weighted by Crippen LogP contribution is 2.36. The number of aliphatic carboxylic acids is 1. The van der Waals surface area contributed by atoms with Crippen molar-refractivity contribution in [3.63, 3.8) is 0 Å². The van der Waals surface area contributed by atoms with E-state index in [1.165, 1.54) is 13.8 Å². The molecule has 0 spiro atoms. The Bertz CT molecular complexity index is 480. The van der Waals surface area contributed by atoms with Crippen LogP contribution < -0.4 is 0 Å². The molecule has 5 heteroatoms. The van der Waals surface area contributed by atoms with Crippen molar-refractivity contribution in [1.29, 1.82) is 0 Å². The van der Waals surface area contributed by atoms with Gasteiger partial charge < -0.3 is 14.9 Å². The maximum absolute atomic E-state index is 11.9. The van der Waals surface area contributed by atoms with E-state index in [9.17, 15) is 19.8 Å². The van der Waals surface area contributed by atoms with E-state index in [0.717, 1.165) is 0 Å². The van der Waals surface area contributed by atoms with E-state index in [2.05, 4.69) is 0 Å². The zero-order chi connectivity index (χ0) is 15.4. The van der Waals surface area contributed by atoms with Crippen molar-refractivity contribution in [2.45, 2.75) is 32.8 Å². The van der Waals surface area contributed by atoms with E-state index >= 15 is 0 Å². The molecule has 1 rings (SSSR count). The first-order valence-electron chi connectivity index (χ1n) is 6.42. The Morgan fingerprint density at radius 3 is 2.20 bits per heavy atom. The number of hydrogen-bond donors (Lipinski definition) is 2. The third-order valence-corrected chi connectivity index (χ3v) is 3.29. The lowest BCUT2D eigenvalue weighted by Gasteiger charge is -2.32. The molecule has 0 radical (unpaired) electrons. The third kappa shape index (κ3) is 3.36. The van der Waals surface area contributed by atoms with Gasteiger partial charge in [0.2, 0.25) is 0 Å². The fourth-order valence-corrected chi connectivity index (χ4v) is 2.11. The van der Waals surface area contributed by atoms with Gasteiger partial charge in [-0.05, 0) is 26.3 Å². The number of carboxylic acids is 1. The molecule has 110 valence electrons. The fraction of sp³-hybridized carbons (Fsp3) is 0.467. The molecule has 0 aromatic heterocycles. The molecular formula is C15H20O5. The second-order valence-electron chi connectivity index (χ2n) is 5.17. The maximum atomic E-state index is 11.9. The van der Waals surface area contributed by atoms with E-state index < -0.39 is 23.0 Å². The smallest absolute Gasteiger partial charge is 0.323 e. The van der Waals surface area contributed by atoms with Crippen molar-refractivity contribution in [3.05, 3.63) is 35.9 Å². The lowest BCUT2D eigenvalue weighted by molar-refractivity contribution is -0.172. The molecular weight excluding hydrogens is 260 g/mol. The number of rotatable bonds is 6. The highest BCUT2D eigenvalue weighted by Gasteiger charge is 2.48. The van der Waals surface area contributed by atoms with Gasteiger partial charge in [-0.1, -0.05) is 30.3 Å². The van der Waals surface area contributed by atoms with Crippen LogP contribution in [0.15, 0.2) is 30.3 Å². The molecule has 0 amide bonds. The minimum atomic E-state index is -1.80. The topological polar surface area (TPSA) is 83.8 Å². The van der Waals surface area contributed by atoms with Crippen LogP contribution in [0.25, 0.3) is 0 Å². The average molecular weight is 280 g/mol. The van der Waals surface area contributed by atoms with Gasteiger partial charge in [0.25, 0.3) is 0 Å². The SMILES string of the molecule is CCOC(=O)C(C)(CC(C)(O)c1ccccc1)C(=O)O. The lowest BCUT2D eigenvalue weighted by atomic mass is 9.76. The molecule has 0 heterocycles. The van der Waals surface area contributed by atoms with Crippen molar-refractivity contribution in [2.75, 3.05) is 6.61 Å². The highest BCUT2D eigenvalue weighted by atomic mass is 16.5. The molecule has 0 aliphatic carbocycles. The highest BCUT2D eigenvalue weighted by molar-refractivity contribution is 5.98. The Morgan fingerprint density at radius 1 is 1.20 bits per heavy atom. The van der Waals surface area contributed by atoms with Crippen LogP contribution >= 0.6 is 0 Å². The van der Waals surface area contributed by atoms with Crippen LogP contribution in [0.3, 0.4) is 0 Å². The monoisotopic (exact) mass is 280 g/mol. The summed E-state index contributed by atoms with van der Waals surface area (Å²) >= 11 is 0. The molecule has 0 aliphatic rings. The molecule has 0 saturated heterocycles. The summed E-state index contributed by atoms with van der Waals surface area (Å²) in [7, 11) is 0. The molecule has 2 unspecified atom stereocenters. The summed E-state index contributed by atoms with van der Waals surface area (Å²) in [6.45, 7) is 4.46. The first-order valence-corrected chi connectivity index (χ1v) is 6.42. The van der Waals surface area contributed by atoms with E-state index in [0.29, 0.717) is 5.56 Å². The number of benzene rings is 1. The molecule has 5 nitrogen and oxygen atoms in total. The number of ether oxygens (including phenoxy) is 1. The fourth-order valence-electron chi connectivity index (χ4n) is 2.11. The summed E-state index contributed by atoms with van der Waals surface area (Å²) in [6, 6.07) is 8.65. The Hall–Kier alpha value is -1.88. The van der Waals surface area contributed by atoms with Gasteiger partial charge in [0.1, 0.15) is 0 Å². The van der Waals surface area contributed by atoms with E-state index in [4.69, 9.17) is 4.74 Å². The number of hydrogen-bond acceptors (Lipinski definition) is 4. The molecule has 2 N–H and O–H groups in total. The van der Waals surface area contributed by atoms with Crippen LogP contribution in [0, 0.1) is 5.41 Å². The first kappa shape index (κ1) is 16.2. The number of esters is 1. The summed E-state index contributed by atoms with van der Waals surface area (Å²) < 4.78 is 4.82. The van der Waals surface area contributed by atoms with Crippen LogP contribution in [0.5, 0.6) is 0 Å². The molecule has 1 aromatic rings. The molecule has 0 fully saturated rings. The maximum Gasteiger partial charge on any atom is 0.323 e. The Balaban J connectivity index is 3.07. The molecule has 0 saturated carbocycles. The van der Waals surface area contributed by atoms with E-state index in [1.807, 2.05) is 0 Å². The Kier molecular flexibility index (Phi) is 4.89. The zero-order valence-corrected chi connectivity index (χ0v) is 11.9. The van der Waals surface area contributed by atoms with E-state index in [-0.39, 0.29) is 13.0 Å². The van der Waals surface area contributed by atoms with Crippen LogP contribution in [0.2, 0.25) is 0 Å². The zero-order valence-electron chi connectivity index (χ0n) is 11.9. The van der Waals surface area contributed by atoms with Crippen molar-refractivity contribution in [2.24, 2.45) is 5.41 Å². The van der Waals surface area contributed by atoms with Crippen molar-refractivity contribution in [1.82, 2.24) is 0 Å². The molecule has 1 aromatic carbocycles. The van der Waals surface area contributed by atoms with Crippen LogP contribution in [0.1, 0.15) is 32.8 Å². The summed E-state index contributed by atoms with van der Waals surface area (Å²) in [5.41, 5.74) is -2.69. The van der Waals surface area contributed by atoms with Gasteiger partial charge in [-0.25, -0.2) is 0 Å². The molecule has 20 heavy (non-hydrogen) atoms. The van der Waals surface area contributed by atoms with Crippen LogP contribution in [-0.2, 0) is 19.9 Å². The van der Waals surface area contributed by atoms with Gasteiger partial charge in [0.15, 0.2) is 5.41 Å².